The summed E-state index contributed by atoms with van der Waals surface area (Å²) >= 11 is 0. The number of rotatable bonds is 5. The van der Waals surface area contributed by atoms with Crippen molar-refractivity contribution < 1.29 is 44.3 Å². The monoisotopic (exact) mass is 290 g/mol. The van der Waals surface area contributed by atoms with Crippen molar-refractivity contribution in [3.63, 3.8) is 0 Å². The van der Waals surface area contributed by atoms with E-state index >= 15 is 0 Å². The fraction of sp³-hybridized carbons (Fsp3) is 0.750. The minimum Gasteiger partial charge on any atom is -0.492 e. The molecular weight excluding hydrogens is 283 g/mol. The van der Waals surface area contributed by atoms with E-state index < -0.39 is 36.3 Å². The van der Waals surface area contributed by atoms with Crippen molar-refractivity contribution in [3.05, 3.63) is 12.3 Å². The van der Waals surface area contributed by atoms with Crippen molar-refractivity contribution >= 4 is 0 Å². The fourth-order valence-electron chi connectivity index (χ4n) is 0.815. The molecule has 0 aliphatic rings. The van der Waals surface area contributed by atoms with Gasteiger partial charge < -0.3 is 4.74 Å². The first kappa shape index (κ1) is 16.9. The van der Waals surface area contributed by atoms with Gasteiger partial charge in [-0.3, -0.25) is 0 Å². The van der Waals surface area contributed by atoms with E-state index in [1.165, 1.54) is 0 Å². The quantitative estimate of drug-likeness (QED) is 0.549. The van der Waals surface area contributed by atoms with Gasteiger partial charge >= 0.3 is 23.9 Å². The van der Waals surface area contributed by atoms with Crippen molar-refractivity contribution in [2.45, 2.75) is 30.9 Å². The molecule has 0 heterocycles. The highest BCUT2D eigenvalue weighted by molar-refractivity contribution is 5.13. The molecule has 0 amide bonds. The maximum absolute atomic E-state index is 12.9. The van der Waals surface area contributed by atoms with Crippen LogP contribution in [0.3, 0.4) is 0 Å². The maximum Gasteiger partial charge on any atom is 0.460 e. The first-order chi connectivity index (χ1) is 7.73. The summed E-state index contributed by atoms with van der Waals surface area (Å²) in [6.07, 6.45) is -6.84. The van der Waals surface area contributed by atoms with Crippen LogP contribution in [-0.4, -0.2) is 30.6 Å². The summed E-state index contributed by atoms with van der Waals surface area (Å²) in [6.45, 7) is 2.60. The van der Waals surface area contributed by atoms with Crippen LogP contribution in [0.1, 0.15) is 6.92 Å². The van der Waals surface area contributed by atoms with Gasteiger partial charge in [-0.2, -0.15) is 39.5 Å². The van der Waals surface area contributed by atoms with Crippen LogP contribution in [0.4, 0.5) is 39.5 Å². The van der Waals surface area contributed by atoms with Crippen molar-refractivity contribution in [3.8, 4) is 0 Å². The number of allylic oxidation sites excluding steroid dienone is 1. The lowest BCUT2D eigenvalue weighted by Gasteiger charge is -2.33. The molecule has 0 aromatic heterocycles. The maximum atomic E-state index is 12.9. The summed E-state index contributed by atoms with van der Waals surface area (Å²) in [6, 6.07) is 0. The Bertz CT molecular complexity index is 317. The van der Waals surface area contributed by atoms with Crippen LogP contribution in [-0.2, 0) is 4.74 Å². The van der Waals surface area contributed by atoms with Crippen molar-refractivity contribution in [1.82, 2.24) is 0 Å². The first-order valence-electron chi connectivity index (χ1n) is 4.25. The van der Waals surface area contributed by atoms with Gasteiger partial charge in [0.15, 0.2) is 5.76 Å². The molecule has 0 aliphatic carbocycles. The zero-order chi connectivity index (χ0) is 15.0. The van der Waals surface area contributed by atoms with E-state index in [2.05, 4.69) is 11.3 Å². The van der Waals surface area contributed by atoms with Crippen LogP contribution >= 0.6 is 0 Å². The molecule has 0 bridgehead atoms. The Morgan fingerprint density at radius 3 is 1.56 bits per heavy atom. The summed E-state index contributed by atoms with van der Waals surface area (Å²) in [5, 5.41) is 0. The summed E-state index contributed by atoms with van der Waals surface area (Å²) in [5.74, 6) is -21.7. The molecule has 0 spiro atoms. The van der Waals surface area contributed by atoms with Crippen LogP contribution in [0.5, 0.6) is 0 Å². The second kappa shape index (κ2) is 4.54. The molecule has 18 heavy (non-hydrogen) atoms. The third-order valence-corrected chi connectivity index (χ3v) is 1.81. The standard InChI is InChI=1S/C8H7F9O/c1-3-18-4(2)5(9,10)6(11,12)7(13,14)8(15,16)17/h2-3H2,1H3. The average molecular weight is 290 g/mol. The van der Waals surface area contributed by atoms with Gasteiger partial charge in [-0.15, -0.1) is 0 Å². The normalized spacial score (nSPS) is 14.6. The van der Waals surface area contributed by atoms with E-state index in [-0.39, 0.29) is 0 Å². The Morgan fingerprint density at radius 1 is 0.889 bits per heavy atom. The molecule has 0 fully saturated rings. The van der Waals surface area contributed by atoms with Gasteiger partial charge in [0.1, 0.15) is 0 Å². The number of hydrogen-bond donors (Lipinski definition) is 0. The molecule has 0 saturated carbocycles. The first-order valence-corrected chi connectivity index (χ1v) is 4.25. The molecule has 0 unspecified atom stereocenters. The van der Waals surface area contributed by atoms with Crippen LogP contribution in [0.25, 0.3) is 0 Å². The van der Waals surface area contributed by atoms with E-state index in [1.807, 2.05) is 0 Å². The zero-order valence-corrected chi connectivity index (χ0v) is 8.72. The van der Waals surface area contributed by atoms with Crippen molar-refractivity contribution in [2.24, 2.45) is 0 Å². The summed E-state index contributed by atoms with van der Waals surface area (Å²) in [5.41, 5.74) is 0. The lowest BCUT2D eigenvalue weighted by molar-refractivity contribution is -0.393. The topological polar surface area (TPSA) is 9.23 Å². The van der Waals surface area contributed by atoms with Gasteiger partial charge in [-0.25, -0.2) is 0 Å². The number of alkyl halides is 9. The number of halogens is 9. The van der Waals surface area contributed by atoms with E-state index in [0.717, 1.165) is 6.92 Å². The van der Waals surface area contributed by atoms with Gasteiger partial charge in [-0.05, 0) is 6.92 Å². The highest BCUT2D eigenvalue weighted by atomic mass is 19.4. The molecule has 0 aromatic carbocycles. The van der Waals surface area contributed by atoms with Crippen LogP contribution in [0.2, 0.25) is 0 Å². The van der Waals surface area contributed by atoms with Crippen molar-refractivity contribution in [2.75, 3.05) is 6.61 Å². The Labute approximate surface area is 95.2 Å². The molecule has 0 rings (SSSR count). The third-order valence-electron chi connectivity index (χ3n) is 1.81. The molecule has 0 N–H and O–H groups in total. The van der Waals surface area contributed by atoms with E-state index in [9.17, 15) is 39.5 Å². The second-order valence-electron chi connectivity index (χ2n) is 3.08. The smallest absolute Gasteiger partial charge is 0.460 e. The largest absolute Gasteiger partial charge is 0.492 e. The van der Waals surface area contributed by atoms with Gasteiger partial charge in [0.2, 0.25) is 0 Å². The molecule has 1 nitrogen and oxygen atoms in total. The third kappa shape index (κ3) is 2.37. The van der Waals surface area contributed by atoms with Gasteiger partial charge in [0.05, 0.1) is 6.61 Å². The summed E-state index contributed by atoms with van der Waals surface area (Å²) < 4.78 is 115. The Kier molecular flexibility index (Phi) is 4.27. The lowest BCUT2D eigenvalue weighted by Crippen LogP contribution is -2.61. The molecule has 0 saturated heterocycles. The molecule has 0 radical (unpaired) electrons. The zero-order valence-electron chi connectivity index (χ0n) is 8.72. The molecule has 10 heteroatoms. The highest BCUT2D eigenvalue weighted by Crippen LogP contribution is 2.54. The predicted octanol–water partition coefficient (Wildman–Crippen LogP) is 4.00. The molecular formula is C8H7F9O. The molecule has 108 valence electrons. The Balaban J connectivity index is 5.57. The highest BCUT2D eigenvalue weighted by Gasteiger charge is 2.82. The second-order valence-corrected chi connectivity index (χ2v) is 3.08. The molecule has 0 aromatic rings. The van der Waals surface area contributed by atoms with Crippen molar-refractivity contribution in [1.29, 1.82) is 0 Å². The van der Waals surface area contributed by atoms with E-state index in [0.29, 0.717) is 0 Å². The minimum atomic E-state index is -6.93. The summed E-state index contributed by atoms with van der Waals surface area (Å²) in [7, 11) is 0. The predicted molar refractivity (Wildman–Crippen MR) is 41.7 cm³/mol. The SMILES string of the molecule is C=C(OCC)C(F)(F)C(F)(F)C(F)(F)C(F)(F)F. The fourth-order valence-corrected chi connectivity index (χ4v) is 0.815. The number of ether oxygens (including phenoxy) is 1. The lowest BCUT2D eigenvalue weighted by atomic mass is 10.0. The molecule has 0 atom stereocenters. The van der Waals surface area contributed by atoms with E-state index in [1.54, 1.807) is 0 Å². The van der Waals surface area contributed by atoms with E-state index in [4.69, 9.17) is 0 Å². The van der Waals surface area contributed by atoms with Crippen LogP contribution < -0.4 is 0 Å². The average Bonchev–Trinajstić information content (AvgIpc) is 2.15. The Hall–Kier alpha value is -1.09. The van der Waals surface area contributed by atoms with Crippen LogP contribution in [0.15, 0.2) is 12.3 Å². The van der Waals surface area contributed by atoms with Gasteiger partial charge in [0, 0.05) is 0 Å². The van der Waals surface area contributed by atoms with Crippen LogP contribution in [0, 0.1) is 0 Å². The minimum absolute atomic E-state index is 0.651. The Morgan fingerprint density at radius 2 is 1.28 bits per heavy atom. The summed E-state index contributed by atoms with van der Waals surface area (Å²) in [4.78, 5) is 0. The number of hydrogen-bond acceptors (Lipinski definition) is 1. The molecule has 0 aliphatic heterocycles. The van der Waals surface area contributed by atoms with Gasteiger partial charge in [0.25, 0.3) is 0 Å². The van der Waals surface area contributed by atoms with Gasteiger partial charge in [-0.1, -0.05) is 6.58 Å².